The van der Waals surface area contributed by atoms with Gasteiger partial charge in [-0.2, -0.15) is 4.72 Å². The minimum Gasteiger partial charge on any atom is -0.455 e. The van der Waals surface area contributed by atoms with E-state index in [1.165, 1.54) is 6.07 Å². The van der Waals surface area contributed by atoms with Gasteiger partial charge in [0.05, 0.1) is 4.90 Å². The molecule has 8 heteroatoms. The van der Waals surface area contributed by atoms with E-state index in [1.54, 1.807) is 17.0 Å². The molecule has 0 spiro atoms. The lowest BCUT2D eigenvalue weighted by atomic mass is 10.1. The van der Waals surface area contributed by atoms with E-state index >= 15 is 0 Å². The molecule has 0 aliphatic rings. The van der Waals surface area contributed by atoms with Crippen molar-refractivity contribution in [2.45, 2.75) is 46.4 Å². The number of carbonyl (C=O) groups excluding carboxylic acids is 2. The summed E-state index contributed by atoms with van der Waals surface area (Å²) in [5, 5.41) is 0. The fourth-order valence-corrected chi connectivity index (χ4v) is 3.62. The topological polar surface area (TPSA) is 92.8 Å². The quantitative estimate of drug-likeness (QED) is 0.595. The predicted octanol–water partition coefficient (Wildman–Crippen LogP) is 2.27. The van der Waals surface area contributed by atoms with Crippen molar-refractivity contribution in [2.24, 2.45) is 11.8 Å². The molecule has 0 aliphatic carbocycles. The Kier molecular flexibility index (Phi) is 9.10. The van der Waals surface area contributed by atoms with Crippen LogP contribution in [0.3, 0.4) is 0 Å². The number of ether oxygens (including phenoxy) is 1. The van der Waals surface area contributed by atoms with E-state index < -0.39 is 29.1 Å². The molecule has 0 saturated heterocycles. The van der Waals surface area contributed by atoms with E-state index in [0.29, 0.717) is 24.9 Å². The number of carbonyl (C=O) groups is 2. The number of benzene rings is 1. The number of hydrogen-bond acceptors (Lipinski definition) is 5. The van der Waals surface area contributed by atoms with Gasteiger partial charge in [-0.25, -0.2) is 8.42 Å². The maximum atomic E-state index is 12.3. The molecule has 1 aromatic carbocycles. The molecule has 0 atom stereocenters. The smallest absolute Gasteiger partial charge is 0.321 e. The molecule has 7 nitrogen and oxygen atoms in total. The van der Waals surface area contributed by atoms with Crippen molar-refractivity contribution in [3.8, 4) is 0 Å². The van der Waals surface area contributed by atoms with Crippen molar-refractivity contribution < 1.29 is 22.7 Å². The minimum atomic E-state index is -3.83. The average molecular weight is 413 g/mol. The highest BCUT2D eigenvalue weighted by Gasteiger charge is 2.20. The lowest BCUT2D eigenvalue weighted by Gasteiger charge is -2.26. The molecule has 0 saturated carbocycles. The van der Waals surface area contributed by atoms with E-state index in [4.69, 9.17) is 4.74 Å². The van der Waals surface area contributed by atoms with Crippen molar-refractivity contribution in [1.82, 2.24) is 9.62 Å². The number of sulfonamides is 1. The second-order valence-corrected chi connectivity index (χ2v) is 9.58. The number of nitrogens with zero attached hydrogens (tertiary/aromatic N) is 1. The van der Waals surface area contributed by atoms with Gasteiger partial charge in [-0.3, -0.25) is 9.59 Å². The van der Waals surface area contributed by atoms with Gasteiger partial charge in [-0.15, -0.1) is 0 Å². The van der Waals surface area contributed by atoms with Crippen LogP contribution in [0.15, 0.2) is 23.1 Å². The second kappa shape index (κ2) is 10.6. The van der Waals surface area contributed by atoms with Gasteiger partial charge in [-0.05, 0) is 48.9 Å². The molecule has 28 heavy (non-hydrogen) atoms. The van der Waals surface area contributed by atoms with Gasteiger partial charge in [0.25, 0.3) is 5.91 Å². The van der Waals surface area contributed by atoms with Gasteiger partial charge >= 0.3 is 5.97 Å². The van der Waals surface area contributed by atoms with E-state index in [0.717, 1.165) is 11.1 Å². The third-order valence-corrected chi connectivity index (χ3v) is 5.47. The van der Waals surface area contributed by atoms with Crippen molar-refractivity contribution in [2.75, 3.05) is 26.2 Å². The fourth-order valence-electron chi connectivity index (χ4n) is 2.56. The maximum absolute atomic E-state index is 12.3. The number of hydrogen-bond donors (Lipinski definition) is 1. The number of rotatable bonds is 10. The standard InChI is InChI=1S/C20H32N2O5S/c1-14(2)11-22(12-15(3)4)19(23)13-27-20(24)10-21-28(25,26)18-8-7-16(5)17(6)9-18/h7-9,14-15,21H,10-13H2,1-6H3. The van der Waals surface area contributed by atoms with Gasteiger partial charge in [-0.1, -0.05) is 33.8 Å². The number of amides is 1. The Morgan fingerprint density at radius 3 is 2.11 bits per heavy atom. The van der Waals surface area contributed by atoms with Crippen LogP contribution in [-0.2, 0) is 24.3 Å². The molecule has 0 unspecified atom stereocenters. The first kappa shape index (κ1) is 24.1. The molecule has 0 aromatic heterocycles. The largest absolute Gasteiger partial charge is 0.455 e. The van der Waals surface area contributed by atoms with Crippen molar-refractivity contribution >= 4 is 21.9 Å². The Labute approximate surface area is 168 Å². The van der Waals surface area contributed by atoms with Crippen LogP contribution in [0.1, 0.15) is 38.8 Å². The Morgan fingerprint density at radius 2 is 1.61 bits per heavy atom. The summed E-state index contributed by atoms with van der Waals surface area (Å²) < 4.78 is 31.8. The third-order valence-electron chi connectivity index (χ3n) is 4.08. The van der Waals surface area contributed by atoms with E-state index in [9.17, 15) is 18.0 Å². The highest BCUT2D eigenvalue weighted by molar-refractivity contribution is 7.89. The first-order valence-corrected chi connectivity index (χ1v) is 10.9. The molecule has 0 radical (unpaired) electrons. The van der Waals surface area contributed by atoms with Crippen LogP contribution >= 0.6 is 0 Å². The van der Waals surface area contributed by atoms with Crippen LogP contribution < -0.4 is 4.72 Å². The third kappa shape index (κ3) is 7.98. The molecule has 1 aromatic rings. The van der Waals surface area contributed by atoms with Crippen LogP contribution in [0.2, 0.25) is 0 Å². The summed E-state index contributed by atoms with van der Waals surface area (Å²) in [5.74, 6) is -0.492. The Balaban J connectivity index is 2.59. The Hall–Kier alpha value is -1.93. The predicted molar refractivity (Wildman–Crippen MR) is 108 cm³/mol. The summed E-state index contributed by atoms with van der Waals surface area (Å²) in [5.41, 5.74) is 1.82. The fraction of sp³-hybridized carbons (Fsp3) is 0.600. The molecule has 1 rings (SSSR count). The zero-order chi connectivity index (χ0) is 21.5. The monoisotopic (exact) mass is 412 g/mol. The van der Waals surface area contributed by atoms with Crippen molar-refractivity contribution in [1.29, 1.82) is 0 Å². The summed E-state index contributed by atoms with van der Waals surface area (Å²) >= 11 is 0. The Morgan fingerprint density at radius 1 is 1.04 bits per heavy atom. The SMILES string of the molecule is Cc1ccc(S(=O)(=O)NCC(=O)OCC(=O)N(CC(C)C)CC(C)C)cc1C. The lowest BCUT2D eigenvalue weighted by Crippen LogP contribution is -2.40. The lowest BCUT2D eigenvalue weighted by molar-refractivity contribution is -0.151. The van der Waals surface area contributed by atoms with Gasteiger partial charge < -0.3 is 9.64 Å². The van der Waals surface area contributed by atoms with Crippen LogP contribution in [0.4, 0.5) is 0 Å². The van der Waals surface area contributed by atoms with Gasteiger partial charge in [0.1, 0.15) is 6.54 Å². The van der Waals surface area contributed by atoms with Crippen molar-refractivity contribution in [3.05, 3.63) is 29.3 Å². The molecule has 1 amide bonds. The average Bonchev–Trinajstić information content (AvgIpc) is 2.58. The molecular formula is C20H32N2O5S. The van der Waals surface area contributed by atoms with Crippen LogP contribution in [0, 0.1) is 25.7 Å². The maximum Gasteiger partial charge on any atom is 0.321 e. The molecule has 0 aliphatic heterocycles. The number of nitrogens with one attached hydrogen (secondary N) is 1. The molecule has 158 valence electrons. The summed E-state index contributed by atoms with van der Waals surface area (Å²) in [6, 6.07) is 4.73. The van der Waals surface area contributed by atoms with Crippen molar-refractivity contribution in [3.63, 3.8) is 0 Å². The van der Waals surface area contributed by atoms with Gasteiger partial charge in [0.2, 0.25) is 10.0 Å². The summed E-state index contributed by atoms with van der Waals surface area (Å²) in [7, 11) is -3.83. The highest BCUT2D eigenvalue weighted by Crippen LogP contribution is 2.14. The molecule has 1 N–H and O–H groups in total. The first-order valence-electron chi connectivity index (χ1n) is 9.42. The van der Waals surface area contributed by atoms with Gasteiger partial charge in [0, 0.05) is 13.1 Å². The van der Waals surface area contributed by atoms with Crippen LogP contribution in [0.5, 0.6) is 0 Å². The van der Waals surface area contributed by atoms with E-state index in [2.05, 4.69) is 4.72 Å². The summed E-state index contributed by atoms with van der Waals surface area (Å²) in [6.07, 6.45) is 0. The highest BCUT2D eigenvalue weighted by atomic mass is 32.2. The normalized spacial score (nSPS) is 11.7. The Bertz CT molecular complexity index is 778. The second-order valence-electron chi connectivity index (χ2n) is 7.82. The van der Waals surface area contributed by atoms with E-state index in [-0.39, 0.29) is 10.8 Å². The zero-order valence-electron chi connectivity index (χ0n) is 17.6. The molecular weight excluding hydrogens is 380 g/mol. The van der Waals surface area contributed by atoms with Crippen LogP contribution in [-0.4, -0.2) is 51.4 Å². The van der Waals surface area contributed by atoms with Gasteiger partial charge in [0.15, 0.2) is 6.61 Å². The minimum absolute atomic E-state index is 0.0829. The zero-order valence-corrected chi connectivity index (χ0v) is 18.4. The van der Waals surface area contributed by atoms with Crippen LogP contribution in [0.25, 0.3) is 0 Å². The number of aryl methyl sites for hydroxylation is 2. The molecule has 0 fully saturated rings. The summed E-state index contributed by atoms with van der Waals surface area (Å²) in [6.45, 7) is 12.0. The first-order chi connectivity index (χ1) is 12.9. The number of esters is 1. The molecule has 0 bridgehead atoms. The summed E-state index contributed by atoms with van der Waals surface area (Å²) in [4.78, 5) is 26.0. The van der Waals surface area contributed by atoms with E-state index in [1.807, 2.05) is 41.5 Å². The molecule has 0 heterocycles.